The fourth-order valence-electron chi connectivity index (χ4n) is 2.65. The van der Waals surface area contributed by atoms with Crippen molar-refractivity contribution in [2.45, 2.75) is 18.9 Å². The van der Waals surface area contributed by atoms with Gasteiger partial charge in [0, 0.05) is 18.0 Å². The molecule has 1 aliphatic rings. The molecule has 8 heteroatoms. The van der Waals surface area contributed by atoms with E-state index < -0.39 is 5.24 Å². The number of carbonyl (C=O) groups is 2. The summed E-state index contributed by atoms with van der Waals surface area (Å²) in [4.78, 5) is 26.7. The van der Waals surface area contributed by atoms with Crippen LogP contribution in [0.3, 0.4) is 0 Å². The lowest BCUT2D eigenvalue weighted by atomic mass is 10.1. The number of hydrogen-bond acceptors (Lipinski definition) is 5. The van der Waals surface area contributed by atoms with E-state index in [1.165, 1.54) is 7.11 Å². The molecule has 0 bridgehead atoms. The van der Waals surface area contributed by atoms with Crippen molar-refractivity contribution in [1.82, 2.24) is 10.3 Å². The van der Waals surface area contributed by atoms with Crippen molar-refractivity contribution in [3.63, 3.8) is 0 Å². The second-order valence-corrected chi connectivity index (χ2v) is 5.84. The molecule has 1 aromatic heterocycles. The van der Waals surface area contributed by atoms with E-state index in [-0.39, 0.29) is 11.9 Å². The van der Waals surface area contributed by atoms with Crippen molar-refractivity contribution in [1.29, 1.82) is 0 Å². The number of fused-ring (bicyclic) bond motifs is 1. The number of methoxy groups -OCH3 is 1. The summed E-state index contributed by atoms with van der Waals surface area (Å²) in [6.07, 6.45) is 2.91. The van der Waals surface area contributed by atoms with Crippen molar-refractivity contribution >= 4 is 40.2 Å². The van der Waals surface area contributed by atoms with Gasteiger partial charge < -0.3 is 20.1 Å². The molecule has 0 radical (unpaired) electrons. The van der Waals surface area contributed by atoms with Crippen molar-refractivity contribution < 1.29 is 19.1 Å². The van der Waals surface area contributed by atoms with Crippen molar-refractivity contribution in [2.75, 3.05) is 19.0 Å². The third kappa shape index (κ3) is 3.53. The lowest BCUT2D eigenvalue weighted by Gasteiger charge is -2.15. The first kappa shape index (κ1) is 16.4. The normalized spacial score (nSPS) is 16.8. The molecule has 2 aromatic rings. The van der Waals surface area contributed by atoms with Gasteiger partial charge in [0.05, 0.1) is 18.8 Å². The highest BCUT2D eigenvalue weighted by Gasteiger charge is 2.21. The molecular formula is C16H17N3O4S. The quantitative estimate of drug-likeness (QED) is 0.723. The van der Waals surface area contributed by atoms with Gasteiger partial charge in [-0.3, -0.25) is 9.59 Å². The van der Waals surface area contributed by atoms with E-state index in [1.807, 2.05) is 6.07 Å². The standard InChI is InChI=1S/C16H17N3O4S/c1-22-13-7-11-9(6-12(13)19-16(21)24)4-5-17-15(11)23-8-10-2-3-14(20)18-10/h4-7,10H,2-3,8H2,1H3,(H,18,20)(H2,19,21,24). The van der Waals surface area contributed by atoms with Gasteiger partial charge in [0.1, 0.15) is 12.4 Å². The summed E-state index contributed by atoms with van der Waals surface area (Å²) in [5.74, 6) is 0.982. The monoisotopic (exact) mass is 347 g/mol. The Kier molecular flexibility index (Phi) is 4.75. The Balaban J connectivity index is 1.88. The summed E-state index contributed by atoms with van der Waals surface area (Å²) >= 11 is 3.72. The number of amides is 2. The first-order chi connectivity index (χ1) is 11.6. The zero-order valence-corrected chi connectivity index (χ0v) is 13.9. The van der Waals surface area contributed by atoms with Gasteiger partial charge >= 0.3 is 0 Å². The molecule has 126 valence electrons. The van der Waals surface area contributed by atoms with E-state index in [0.29, 0.717) is 30.3 Å². The van der Waals surface area contributed by atoms with Crippen LogP contribution in [0, 0.1) is 0 Å². The number of nitrogens with zero attached hydrogens (tertiary/aromatic N) is 1. The van der Waals surface area contributed by atoms with Crippen LogP contribution in [0.25, 0.3) is 10.8 Å². The van der Waals surface area contributed by atoms with Gasteiger partial charge in [-0.15, -0.1) is 0 Å². The Hall–Kier alpha value is -2.48. The first-order valence-corrected chi connectivity index (χ1v) is 7.90. The Bertz CT molecular complexity index is 796. The van der Waals surface area contributed by atoms with Crippen LogP contribution in [0.1, 0.15) is 12.8 Å². The molecule has 1 unspecified atom stereocenters. The lowest BCUT2D eigenvalue weighted by molar-refractivity contribution is -0.119. The largest absolute Gasteiger partial charge is 0.495 e. The van der Waals surface area contributed by atoms with Gasteiger partial charge in [-0.2, -0.15) is 0 Å². The van der Waals surface area contributed by atoms with E-state index in [2.05, 4.69) is 28.2 Å². The van der Waals surface area contributed by atoms with Crippen molar-refractivity contribution in [3.8, 4) is 11.6 Å². The second-order valence-electron chi connectivity index (χ2n) is 5.43. The number of anilines is 1. The van der Waals surface area contributed by atoms with E-state index in [9.17, 15) is 9.59 Å². The fourth-order valence-corrected chi connectivity index (χ4v) is 2.77. The van der Waals surface area contributed by atoms with Crippen LogP contribution in [0.4, 0.5) is 10.5 Å². The predicted octanol–water partition coefficient (Wildman–Crippen LogP) is 2.36. The highest BCUT2D eigenvalue weighted by Crippen LogP contribution is 2.34. The zero-order chi connectivity index (χ0) is 17.1. The average Bonchev–Trinajstić information content (AvgIpc) is 2.97. The lowest BCUT2D eigenvalue weighted by Crippen LogP contribution is -2.31. The van der Waals surface area contributed by atoms with Gasteiger partial charge in [-0.05, 0) is 30.0 Å². The third-order valence-electron chi connectivity index (χ3n) is 3.80. The Labute approximate surface area is 144 Å². The van der Waals surface area contributed by atoms with E-state index >= 15 is 0 Å². The molecule has 0 spiro atoms. The molecule has 0 saturated carbocycles. The number of ether oxygens (including phenoxy) is 2. The molecule has 0 aliphatic carbocycles. The number of benzene rings is 1. The third-order valence-corrected chi connectivity index (χ3v) is 3.91. The number of aromatic nitrogens is 1. The number of thiol groups is 1. The Morgan fingerprint density at radius 2 is 2.33 bits per heavy atom. The van der Waals surface area contributed by atoms with Crippen LogP contribution in [0.5, 0.6) is 11.6 Å². The molecule has 1 fully saturated rings. The van der Waals surface area contributed by atoms with Crippen LogP contribution in [0.2, 0.25) is 0 Å². The van der Waals surface area contributed by atoms with Gasteiger partial charge in [-0.25, -0.2) is 4.98 Å². The highest BCUT2D eigenvalue weighted by molar-refractivity contribution is 7.96. The molecule has 2 heterocycles. The summed E-state index contributed by atoms with van der Waals surface area (Å²) in [6.45, 7) is 0.356. The minimum atomic E-state index is -0.477. The number of hydrogen-bond donors (Lipinski definition) is 3. The molecule has 3 rings (SSSR count). The Morgan fingerprint density at radius 1 is 1.50 bits per heavy atom. The average molecular weight is 347 g/mol. The fraction of sp³-hybridized carbons (Fsp3) is 0.312. The summed E-state index contributed by atoms with van der Waals surface area (Å²) in [7, 11) is 1.51. The zero-order valence-electron chi connectivity index (χ0n) is 13.0. The summed E-state index contributed by atoms with van der Waals surface area (Å²) in [5.41, 5.74) is 0.519. The molecule has 1 aromatic carbocycles. The number of pyridine rings is 1. The van der Waals surface area contributed by atoms with Crippen LogP contribution < -0.4 is 20.1 Å². The van der Waals surface area contributed by atoms with E-state index in [1.54, 1.807) is 18.3 Å². The number of carbonyl (C=O) groups excluding carboxylic acids is 2. The maximum atomic E-state index is 11.2. The second kappa shape index (κ2) is 6.96. The molecule has 1 aliphatic heterocycles. The topological polar surface area (TPSA) is 89.6 Å². The first-order valence-electron chi connectivity index (χ1n) is 7.45. The van der Waals surface area contributed by atoms with Gasteiger partial charge in [-0.1, -0.05) is 12.6 Å². The maximum Gasteiger partial charge on any atom is 0.280 e. The smallest absolute Gasteiger partial charge is 0.280 e. The molecule has 1 atom stereocenters. The summed E-state index contributed by atoms with van der Waals surface area (Å²) in [5, 5.41) is 6.59. The van der Waals surface area contributed by atoms with Crippen LogP contribution >= 0.6 is 12.6 Å². The molecule has 2 N–H and O–H groups in total. The molecular weight excluding hydrogens is 330 g/mol. The molecule has 24 heavy (non-hydrogen) atoms. The minimum Gasteiger partial charge on any atom is -0.495 e. The molecule has 7 nitrogen and oxygen atoms in total. The van der Waals surface area contributed by atoms with Gasteiger partial charge in [0.15, 0.2) is 0 Å². The van der Waals surface area contributed by atoms with Gasteiger partial charge in [0.2, 0.25) is 11.8 Å². The van der Waals surface area contributed by atoms with Gasteiger partial charge in [0.25, 0.3) is 5.24 Å². The highest BCUT2D eigenvalue weighted by atomic mass is 32.1. The predicted molar refractivity (Wildman–Crippen MR) is 93.0 cm³/mol. The number of rotatable bonds is 5. The molecule has 1 saturated heterocycles. The summed E-state index contributed by atoms with van der Waals surface area (Å²) < 4.78 is 11.1. The van der Waals surface area contributed by atoms with E-state index in [4.69, 9.17) is 9.47 Å². The molecule has 2 amide bonds. The van der Waals surface area contributed by atoms with E-state index in [0.717, 1.165) is 17.2 Å². The number of nitrogens with one attached hydrogen (secondary N) is 2. The maximum absolute atomic E-state index is 11.2. The summed E-state index contributed by atoms with van der Waals surface area (Å²) in [6, 6.07) is 5.34. The Morgan fingerprint density at radius 3 is 3.00 bits per heavy atom. The van der Waals surface area contributed by atoms with Crippen LogP contribution in [-0.2, 0) is 4.79 Å². The van der Waals surface area contributed by atoms with Crippen molar-refractivity contribution in [2.24, 2.45) is 0 Å². The van der Waals surface area contributed by atoms with Crippen molar-refractivity contribution in [3.05, 3.63) is 24.4 Å². The minimum absolute atomic E-state index is 0.000745. The van der Waals surface area contributed by atoms with Crippen LogP contribution in [-0.4, -0.2) is 35.9 Å². The van der Waals surface area contributed by atoms with Crippen LogP contribution in [0.15, 0.2) is 24.4 Å². The SMILES string of the molecule is COc1cc2c(OCC3CCC(=O)N3)nccc2cc1NC(=O)S.